The van der Waals surface area contributed by atoms with E-state index in [9.17, 15) is 4.79 Å². The highest BCUT2D eigenvalue weighted by atomic mass is 16.7. The molecule has 0 atom stereocenters. The van der Waals surface area contributed by atoms with Crippen molar-refractivity contribution in [2.75, 3.05) is 13.2 Å². The van der Waals surface area contributed by atoms with Crippen molar-refractivity contribution in [1.29, 1.82) is 0 Å². The van der Waals surface area contributed by atoms with Crippen molar-refractivity contribution in [3.05, 3.63) is 0 Å². The summed E-state index contributed by atoms with van der Waals surface area (Å²) in [5.41, 5.74) is 7.68. The number of amides is 1. The van der Waals surface area contributed by atoms with Gasteiger partial charge in [-0.15, -0.1) is 0 Å². The van der Waals surface area contributed by atoms with E-state index in [-0.39, 0.29) is 5.41 Å². The van der Waals surface area contributed by atoms with E-state index in [1.54, 1.807) is 0 Å². The van der Waals surface area contributed by atoms with Gasteiger partial charge in [0.25, 0.3) is 0 Å². The first-order chi connectivity index (χ1) is 8.87. The highest BCUT2D eigenvalue weighted by molar-refractivity contribution is 5.66. The molecule has 1 saturated carbocycles. The smallest absolute Gasteiger partial charge is 0.431 e. The minimum Gasteiger partial charge on any atom is -0.442 e. The molecule has 3 N–H and O–H groups in total. The monoisotopic (exact) mass is 272 g/mol. The van der Waals surface area contributed by atoms with E-state index >= 15 is 0 Å². The minimum atomic E-state index is -0.536. The summed E-state index contributed by atoms with van der Waals surface area (Å²) < 4.78 is 5.12. The van der Waals surface area contributed by atoms with Gasteiger partial charge in [-0.3, -0.25) is 4.84 Å². The summed E-state index contributed by atoms with van der Waals surface area (Å²) in [5.74, 6) is 0. The lowest BCUT2D eigenvalue weighted by Gasteiger charge is -2.36. The third-order valence-electron chi connectivity index (χ3n) is 3.52. The molecule has 0 spiro atoms. The molecular weight excluding hydrogens is 244 g/mol. The molecule has 0 radical (unpaired) electrons. The van der Waals surface area contributed by atoms with Gasteiger partial charge in [-0.05, 0) is 52.0 Å². The molecule has 0 aliphatic heterocycles. The summed E-state index contributed by atoms with van der Waals surface area (Å²) in [6, 6.07) is 0. The molecule has 112 valence electrons. The zero-order valence-electron chi connectivity index (χ0n) is 12.5. The molecule has 19 heavy (non-hydrogen) atoms. The Bertz CT molecular complexity index is 275. The van der Waals surface area contributed by atoms with Gasteiger partial charge >= 0.3 is 6.09 Å². The maximum absolute atomic E-state index is 11.5. The third-order valence-corrected chi connectivity index (χ3v) is 3.52. The second-order valence-corrected chi connectivity index (χ2v) is 6.49. The summed E-state index contributed by atoms with van der Waals surface area (Å²) in [7, 11) is 0. The number of nitrogens with two attached hydrogens (primary N) is 1. The number of carbonyl (C=O) groups excluding carboxylic acids is 1. The van der Waals surface area contributed by atoms with E-state index in [0.717, 1.165) is 19.3 Å². The van der Waals surface area contributed by atoms with Crippen LogP contribution in [0.4, 0.5) is 4.79 Å². The van der Waals surface area contributed by atoms with Gasteiger partial charge in [-0.2, -0.15) is 5.48 Å². The van der Waals surface area contributed by atoms with Gasteiger partial charge in [-0.1, -0.05) is 19.3 Å². The van der Waals surface area contributed by atoms with Crippen LogP contribution in [0, 0.1) is 5.41 Å². The zero-order chi connectivity index (χ0) is 14.4. The summed E-state index contributed by atoms with van der Waals surface area (Å²) in [5, 5.41) is 0. The molecule has 0 saturated heterocycles. The lowest BCUT2D eigenvalue weighted by atomic mass is 9.72. The van der Waals surface area contributed by atoms with Gasteiger partial charge in [0.2, 0.25) is 0 Å². The molecule has 5 heteroatoms. The first kappa shape index (κ1) is 16.2. The average molecular weight is 272 g/mol. The largest absolute Gasteiger partial charge is 0.442 e. The topological polar surface area (TPSA) is 73.6 Å². The van der Waals surface area contributed by atoms with Gasteiger partial charge in [0, 0.05) is 0 Å². The van der Waals surface area contributed by atoms with Crippen LogP contribution in [0.2, 0.25) is 0 Å². The van der Waals surface area contributed by atoms with Crippen molar-refractivity contribution in [3.63, 3.8) is 0 Å². The first-order valence-corrected chi connectivity index (χ1v) is 7.18. The highest BCUT2D eigenvalue weighted by Crippen LogP contribution is 2.38. The Hall–Kier alpha value is -0.810. The molecule has 0 unspecified atom stereocenters. The van der Waals surface area contributed by atoms with Crippen LogP contribution in [0.25, 0.3) is 0 Å². The number of hydroxylamine groups is 1. The molecule has 0 heterocycles. The molecule has 0 aromatic heterocycles. The Morgan fingerprint density at radius 2 is 1.89 bits per heavy atom. The predicted molar refractivity (Wildman–Crippen MR) is 74.5 cm³/mol. The zero-order valence-corrected chi connectivity index (χ0v) is 12.5. The van der Waals surface area contributed by atoms with Crippen LogP contribution < -0.4 is 11.2 Å². The lowest BCUT2D eigenvalue weighted by molar-refractivity contribution is -0.0490. The predicted octanol–water partition coefficient (Wildman–Crippen LogP) is 2.74. The number of nitrogens with one attached hydrogen (secondary N) is 1. The van der Waals surface area contributed by atoms with Gasteiger partial charge in [0.15, 0.2) is 0 Å². The molecule has 1 amide bonds. The van der Waals surface area contributed by atoms with Crippen LogP contribution in [-0.4, -0.2) is 24.8 Å². The standard InChI is InChI=1S/C14H28N2O3/c1-13(2,3)19-12(17)16-18-11-14(9-10-15)7-5-4-6-8-14/h4-11,15H2,1-3H3,(H,16,17). The minimum absolute atomic E-state index is 0.127. The van der Waals surface area contributed by atoms with Crippen LogP contribution in [0.15, 0.2) is 0 Å². The quantitative estimate of drug-likeness (QED) is 0.755. The molecule has 0 aromatic carbocycles. The number of hydrogen-bond acceptors (Lipinski definition) is 4. The second kappa shape index (κ2) is 7.10. The van der Waals surface area contributed by atoms with Crippen molar-refractivity contribution < 1.29 is 14.4 Å². The summed E-state index contributed by atoms with van der Waals surface area (Å²) in [4.78, 5) is 16.8. The van der Waals surface area contributed by atoms with Gasteiger partial charge in [0.1, 0.15) is 5.60 Å². The highest BCUT2D eigenvalue weighted by Gasteiger charge is 2.32. The molecular formula is C14H28N2O3. The molecule has 1 aliphatic carbocycles. The summed E-state index contributed by atoms with van der Waals surface area (Å²) in [6.45, 7) is 6.65. The normalized spacial score (nSPS) is 18.9. The van der Waals surface area contributed by atoms with Crippen molar-refractivity contribution >= 4 is 6.09 Å². The van der Waals surface area contributed by atoms with Crippen LogP contribution in [0.1, 0.15) is 59.3 Å². The number of carbonyl (C=O) groups is 1. The first-order valence-electron chi connectivity index (χ1n) is 7.18. The van der Waals surface area contributed by atoms with Crippen molar-refractivity contribution in [1.82, 2.24) is 5.48 Å². The van der Waals surface area contributed by atoms with Crippen molar-refractivity contribution in [3.8, 4) is 0 Å². The Labute approximate surface area is 116 Å². The summed E-state index contributed by atoms with van der Waals surface area (Å²) >= 11 is 0. The Morgan fingerprint density at radius 1 is 1.26 bits per heavy atom. The maximum atomic E-state index is 11.5. The second-order valence-electron chi connectivity index (χ2n) is 6.49. The van der Waals surface area contributed by atoms with E-state index in [1.807, 2.05) is 20.8 Å². The van der Waals surface area contributed by atoms with E-state index in [0.29, 0.717) is 13.2 Å². The fraction of sp³-hybridized carbons (Fsp3) is 0.929. The molecule has 1 rings (SSSR count). The molecule has 0 bridgehead atoms. The molecule has 1 aliphatic rings. The molecule has 5 nitrogen and oxygen atoms in total. The van der Waals surface area contributed by atoms with Crippen LogP contribution in [0.3, 0.4) is 0 Å². The van der Waals surface area contributed by atoms with E-state index in [1.165, 1.54) is 19.3 Å². The van der Waals surface area contributed by atoms with Crippen molar-refractivity contribution in [2.24, 2.45) is 11.1 Å². The van der Waals surface area contributed by atoms with E-state index < -0.39 is 11.7 Å². The number of ether oxygens (including phenoxy) is 1. The average Bonchev–Trinajstić information content (AvgIpc) is 2.28. The van der Waals surface area contributed by atoms with Crippen LogP contribution in [0.5, 0.6) is 0 Å². The van der Waals surface area contributed by atoms with E-state index in [4.69, 9.17) is 15.3 Å². The molecule has 1 fully saturated rings. The van der Waals surface area contributed by atoms with Crippen molar-refractivity contribution in [2.45, 2.75) is 64.9 Å². The van der Waals surface area contributed by atoms with Crippen LogP contribution in [-0.2, 0) is 9.57 Å². The third kappa shape index (κ3) is 6.25. The Balaban J connectivity index is 2.34. The number of rotatable bonds is 5. The van der Waals surface area contributed by atoms with Gasteiger partial charge in [0.05, 0.1) is 6.61 Å². The summed E-state index contributed by atoms with van der Waals surface area (Å²) in [6.07, 6.45) is 6.38. The van der Waals surface area contributed by atoms with Crippen LogP contribution >= 0.6 is 0 Å². The Kier molecular flexibility index (Phi) is 6.07. The number of hydrogen-bond donors (Lipinski definition) is 2. The maximum Gasteiger partial charge on any atom is 0.431 e. The SMILES string of the molecule is CC(C)(C)OC(=O)NOCC1(CCN)CCCCC1. The Morgan fingerprint density at radius 3 is 2.42 bits per heavy atom. The lowest BCUT2D eigenvalue weighted by Crippen LogP contribution is -2.38. The fourth-order valence-electron chi connectivity index (χ4n) is 2.62. The van der Waals surface area contributed by atoms with E-state index in [2.05, 4.69) is 5.48 Å². The fourth-order valence-corrected chi connectivity index (χ4v) is 2.62. The van der Waals surface area contributed by atoms with Gasteiger partial charge in [-0.25, -0.2) is 4.79 Å². The molecule has 0 aromatic rings. The van der Waals surface area contributed by atoms with Gasteiger partial charge < -0.3 is 10.5 Å².